The van der Waals surface area contributed by atoms with Crippen LogP contribution in [0.25, 0.3) is 0 Å². The molecule has 1 atom stereocenters. The fourth-order valence-corrected chi connectivity index (χ4v) is 4.07. The molecule has 5 nitrogen and oxygen atoms in total. The number of aryl methyl sites for hydroxylation is 1. The molecule has 1 aliphatic rings. The Hall–Kier alpha value is -2.28. The third-order valence-electron chi connectivity index (χ3n) is 4.74. The quantitative estimate of drug-likeness (QED) is 0.852. The fourth-order valence-electron chi connectivity index (χ4n) is 3.16. The lowest BCUT2D eigenvalue weighted by Gasteiger charge is -2.41. The normalized spacial score (nSPS) is 16.8. The summed E-state index contributed by atoms with van der Waals surface area (Å²) < 4.78 is 13.6. The second kappa shape index (κ2) is 6.55. The van der Waals surface area contributed by atoms with Crippen molar-refractivity contribution >= 4 is 23.2 Å². The highest BCUT2D eigenvalue weighted by Gasteiger charge is 2.46. The number of nitrogens with zero attached hydrogens (tertiary/aromatic N) is 1. The van der Waals surface area contributed by atoms with E-state index < -0.39 is 17.4 Å². The molecule has 7 heteroatoms. The number of halogens is 1. The molecule has 25 heavy (non-hydrogen) atoms. The zero-order valence-electron chi connectivity index (χ0n) is 14.0. The Bertz CT molecular complexity index is 829. The highest BCUT2D eigenvalue weighted by atomic mass is 32.1. The largest absolute Gasteiger partial charge is 0.477 e. The Morgan fingerprint density at radius 1 is 1.40 bits per heavy atom. The number of rotatable bonds is 5. The van der Waals surface area contributed by atoms with E-state index in [2.05, 4.69) is 10.3 Å². The van der Waals surface area contributed by atoms with Gasteiger partial charge in [0.1, 0.15) is 15.7 Å². The van der Waals surface area contributed by atoms with Crippen LogP contribution in [0.2, 0.25) is 0 Å². The van der Waals surface area contributed by atoms with E-state index in [4.69, 9.17) is 5.11 Å². The van der Waals surface area contributed by atoms with E-state index in [0.29, 0.717) is 29.1 Å². The summed E-state index contributed by atoms with van der Waals surface area (Å²) in [7, 11) is 0. The summed E-state index contributed by atoms with van der Waals surface area (Å²) in [4.78, 5) is 28.5. The molecule has 1 aromatic heterocycles. The number of carboxylic acids is 1. The van der Waals surface area contributed by atoms with Crippen molar-refractivity contribution in [2.24, 2.45) is 0 Å². The second-order valence-corrected chi connectivity index (χ2v) is 7.44. The fraction of sp³-hybridized carbons (Fsp3) is 0.389. The molecule has 1 fully saturated rings. The number of aromatic nitrogens is 1. The van der Waals surface area contributed by atoms with E-state index in [0.717, 1.165) is 17.8 Å². The van der Waals surface area contributed by atoms with E-state index >= 15 is 0 Å². The van der Waals surface area contributed by atoms with Gasteiger partial charge < -0.3 is 10.4 Å². The molecule has 1 saturated carbocycles. The van der Waals surface area contributed by atoms with Crippen LogP contribution in [0.4, 0.5) is 4.39 Å². The molecule has 1 aliphatic carbocycles. The molecule has 1 heterocycles. The van der Waals surface area contributed by atoms with Gasteiger partial charge in [-0.25, -0.2) is 14.2 Å². The average molecular weight is 362 g/mol. The molecule has 0 aliphatic heterocycles. The minimum Gasteiger partial charge on any atom is -0.477 e. The third kappa shape index (κ3) is 3.16. The molecule has 0 radical (unpaired) electrons. The van der Waals surface area contributed by atoms with Crippen LogP contribution in [-0.4, -0.2) is 22.0 Å². The Balaban J connectivity index is 1.81. The zero-order chi connectivity index (χ0) is 18.2. The summed E-state index contributed by atoms with van der Waals surface area (Å²) >= 11 is 1.07. The van der Waals surface area contributed by atoms with Crippen molar-refractivity contribution in [1.82, 2.24) is 10.3 Å². The molecule has 0 saturated heterocycles. The number of amides is 1. The number of carbonyl (C=O) groups is 2. The lowest BCUT2D eigenvalue weighted by Crippen LogP contribution is -2.49. The Morgan fingerprint density at radius 2 is 2.12 bits per heavy atom. The summed E-state index contributed by atoms with van der Waals surface area (Å²) in [6.07, 6.45) is 2.26. The van der Waals surface area contributed by atoms with Gasteiger partial charge in [-0.1, -0.05) is 18.6 Å². The third-order valence-corrected chi connectivity index (χ3v) is 6.07. The van der Waals surface area contributed by atoms with Gasteiger partial charge in [0.15, 0.2) is 0 Å². The van der Waals surface area contributed by atoms with Gasteiger partial charge in [0, 0.05) is 0 Å². The summed E-state index contributed by atoms with van der Waals surface area (Å²) in [5.74, 6) is -1.54. The molecule has 1 amide bonds. The van der Waals surface area contributed by atoms with E-state index in [1.54, 1.807) is 26.0 Å². The Labute approximate surface area is 148 Å². The molecular formula is C18H19FN2O3S. The van der Waals surface area contributed by atoms with Crippen molar-refractivity contribution in [1.29, 1.82) is 0 Å². The van der Waals surface area contributed by atoms with Crippen molar-refractivity contribution in [3.8, 4) is 0 Å². The van der Waals surface area contributed by atoms with Gasteiger partial charge >= 0.3 is 5.97 Å². The average Bonchev–Trinajstić information content (AvgIpc) is 2.88. The molecule has 1 aromatic carbocycles. The number of hydrogen-bond acceptors (Lipinski definition) is 4. The van der Waals surface area contributed by atoms with Crippen molar-refractivity contribution in [3.63, 3.8) is 0 Å². The topological polar surface area (TPSA) is 79.3 Å². The minimum absolute atomic E-state index is 0.165. The predicted molar refractivity (Wildman–Crippen MR) is 92.3 cm³/mol. The first-order chi connectivity index (χ1) is 11.8. The number of nitrogens with one attached hydrogen (secondary N) is 1. The van der Waals surface area contributed by atoms with Gasteiger partial charge in [0.05, 0.1) is 17.2 Å². The molecule has 3 rings (SSSR count). The lowest BCUT2D eigenvalue weighted by atomic mass is 9.63. The van der Waals surface area contributed by atoms with E-state index in [1.807, 2.05) is 0 Å². The van der Waals surface area contributed by atoms with Crippen LogP contribution in [0, 0.1) is 12.7 Å². The first kappa shape index (κ1) is 17.5. The van der Waals surface area contributed by atoms with Crippen LogP contribution < -0.4 is 5.32 Å². The summed E-state index contributed by atoms with van der Waals surface area (Å²) in [5.41, 5.74) is 0.417. The summed E-state index contributed by atoms with van der Waals surface area (Å²) in [6.45, 7) is 3.41. The Morgan fingerprint density at radius 3 is 2.64 bits per heavy atom. The van der Waals surface area contributed by atoms with Crippen LogP contribution in [0.3, 0.4) is 0 Å². The maximum Gasteiger partial charge on any atom is 0.347 e. The van der Waals surface area contributed by atoms with Crippen molar-refractivity contribution < 1.29 is 19.1 Å². The second-order valence-electron chi connectivity index (χ2n) is 6.41. The number of benzene rings is 1. The van der Waals surface area contributed by atoms with E-state index in [9.17, 15) is 14.0 Å². The molecule has 2 N–H and O–H groups in total. The van der Waals surface area contributed by atoms with E-state index in [-0.39, 0.29) is 16.6 Å². The summed E-state index contributed by atoms with van der Waals surface area (Å²) in [5, 5.41) is 12.6. The van der Waals surface area contributed by atoms with Crippen LogP contribution >= 0.6 is 11.3 Å². The molecular weight excluding hydrogens is 343 g/mol. The van der Waals surface area contributed by atoms with Crippen molar-refractivity contribution in [3.05, 3.63) is 51.2 Å². The highest BCUT2D eigenvalue weighted by Crippen LogP contribution is 2.44. The number of thiazole rings is 1. The molecule has 0 bridgehead atoms. The van der Waals surface area contributed by atoms with Gasteiger partial charge in [-0.05, 0) is 44.4 Å². The standard InChI is InChI=1S/C18H19FN2O3S/c1-10-14(16(22)23)25-15(20-10)11(2)21-17(24)18(7-4-8-18)12-5-3-6-13(19)9-12/h3,5-6,9,11H,4,7-8H2,1-2H3,(H,21,24)(H,22,23). The monoisotopic (exact) mass is 362 g/mol. The van der Waals surface area contributed by atoms with Crippen LogP contribution in [0.5, 0.6) is 0 Å². The lowest BCUT2D eigenvalue weighted by molar-refractivity contribution is -0.130. The van der Waals surface area contributed by atoms with Crippen LogP contribution in [0.1, 0.15) is 58.2 Å². The maximum absolute atomic E-state index is 13.6. The van der Waals surface area contributed by atoms with Gasteiger partial charge in [-0.15, -0.1) is 11.3 Å². The number of carbonyl (C=O) groups excluding carboxylic acids is 1. The van der Waals surface area contributed by atoms with Gasteiger partial charge in [0.2, 0.25) is 5.91 Å². The van der Waals surface area contributed by atoms with Crippen molar-refractivity contribution in [2.75, 3.05) is 0 Å². The van der Waals surface area contributed by atoms with Gasteiger partial charge in [0.25, 0.3) is 0 Å². The molecule has 132 valence electrons. The summed E-state index contributed by atoms with van der Waals surface area (Å²) in [6, 6.07) is 5.77. The molecule has 2 aromatic rings. The number of aromatic carboxylic acids is 1. The smallest absolute Gasteiger partial charge is 0.347 e. The van der Waals surface area contributed by atoms with Crippen LogP contribution in [-0.2, 0) is 10.2 Å². The number of carboxylic acid groups (broad SMARTS) is 1. The minimum atomic E-state index is -1.02. The first-order valence-corrected chi connectivity index (χ1v) is 8.93. The van der Waals surface area contributed by atoms with Crippen molar-refractivity contribution in [2.45, 2.75) is 44.6 Å². The Kier molecular flexibility index (Phi) is 4.60. The highest BCUT2D eigenvalue weighted by molar-refractivity contribution is 7.13. The predicted octanol–water partition coefficient (Wildman–Crippen LogP) is 3.59. The number of hydrogen-bond donors (Lipinski definition) is 2. The van der Waals surface area contributed by atoms with E-state index in [1.165, 1.54) is 12.1 Å². The maximum atomic E-state index is 13.6. The van der Waals surface area contributed by atoms with Gasteiger partial charge in [-0.2, -0.15) is 0 Å². The van der Waals surface area contributed by atoms with Crippen LogP contribution in [0.15, 0.2) is 24.3 Å². The van der Waals surface area contributed by atoms with Gasteiger partial charge in [-0.3, -0.25) is 4.79 Å². The SMILES string of the molecule is Cc1nc(C(C)NC(=O)C2(c3cccc(F)c3)CCC2)sc1C(=O)O. The molecule has 1 unspecified atom stereocenters. The molecule has 0 spiro atoms. The zero-order valence-corrected chi connectivity index (χ0v) is 14.8. The first-order valence-electron chi connectivity index (χ1n) is 8.11.